The van der Waals surface area contributed by atoms with Crippen LogP contribution in [0.5, 0.6) is 0 Å². The van der Waals surface area contributed by atoms with Gasteiger partial charge in [0.2, 0.25) is 0 Å². The molecule has 2 aromatic rings. The highest BCUT2D eigenvalue weighted by Gasteiger charge is 2.15. The highest BCUT2D eigenvalue weighted by molar-refractivity contribution is 6.09. The van der Waals surface area contributed by atoms with Crippen LogP contribution in [-0.2, 0) is 6.42 Å². The number of benzene rings is 2. The Hall–Kier alpha value is -1.93. The Morgan fingerprint density at radius 1 is 0.957 bits per heavy atom. The van der Waals surface area contributed by atoms with Gasteiger partial charge in [-0.3, -0.25) is 4.79 Å². The number of aliphatic hydroxyl groups is 1. The van der Waals surface area contributed by atoms with Gasteiger partial charge < -0.3 is 5.11 Å². The maximum atomic E-state index is 12.7. The molecule has 0 spiro atoms. The summed E-state index contributed by atoms with van der Waals surface area (Å²) in [6, 6.07) is 16.9. The zero-order valence-corrected chi connectivity index (χ0v) is 13.9. The van der Waals surface area contributed by atoms with E-state index in [0.29, 0.717) is 17.5 Å². The SMILES string of the molecule is CCCCCCC(O)Cc1ccccc1C(=O)c1ccccc1. The Bertz CT molecular complexity index is 604. The number of ketones is 1. The molecular formula is C21H26O2. The van der Waals surface area contributed by atoms with E-state index in [1.165, 1.54) is 12.8 Å². The molecular weight excluding hydrogens is 284 g/mol. The topological polar surface area (TPSA) is 37.3 Å². The molecule has 0 aliphatic carbocycles. The van der Waals surface area contributed by atoms with Crippen molar-refractivity contribution in [3.8, 4) is 0 Å². The normalized spacial score (nSPS) is 12.1. The molecule has 2 nitrogen and oxygen atoms in total. The summed E-state index contributed by atoms with van der Waals surface area (Å²) in [5, 5.41) is 10.3. The fourth-order valence-electron chi connectivity index (χ4n) is 2.83. The molecule has 0 aliphatic rings. The van der Waals surface area contributed by atoms with Crippen molar-refractivity contribution in [3.05, 3.63) is 71.3 Å². The smallest absolute Gasteiger partial charge is 0.193 e. The molecule has 2 aromatic carbocycles. The van der Waals surface area contributed by atoms with Gasteiger partial charge in [-0.1, -0.05) is 87.2 Å². The van der Waals surface area contributed by atoms with Gasteiger partial charge in [-0.05, 0) is 18.4 Å². The second-order valence-corrected chi connectivity index (χ2v) is 6.06. The summed E-state index contributed by atoms with van der Waals surface area (Å²) >= 11 is 0. The summed E-state index contributed by atoms with van der Waals surface area (Å²) < 4.78 is 0. The molecule has 0 heterocycles. The van der Waals surface area contributed by atoms with Crippen LogP contribution in [0.25, 0.3) is 0 Å². The van der Waals surface area contributed by atoms with Crippen LogP contribution in [0.2, 0.25) is 0 Å². The molecule has 0 aliphatic heterocycles. The standard InChI is InChI=1S/C21H26O2/c1-2-3-4-8-14-19(22)16-18-13-9-10-15-20(18)21(23)17-11-6-5-7-12-17/h5-7,9-13,15,19,22H,2-4,8,14,16H2,1H3. The average molecular weight is 310 g/mol. The molecule has 0 saturated heterocycles. The van der Waals surface area contributed by atoms with Gasteiger partial charge in [-0.15, -0.1) is 0 Å². The van der Waals surface area contributed by atoms with E-state index >= 15 is 0 Å². The summed E-state index contributed by atoms with van der Waals surface area (Å²) in [5.74, 6) is 0.0272. The van der Waals surface area contributed by atoms with Crippen LogP contribution in [0, 0.1) is 0 Å². The predicted molar refractivity (Wildman–Crippen MR) is 94.8 cm³/mol. The molecule has 23 heavy (non-hydrogen) atoms. The van der Waals surface area contributed by atoms with E-state index in [-0.39, 0.29) is 11.9 Å². The van der Waals surface area contributed by atoms with E-state index in [4.69, 9.17) is 0 Å². The highest BCUT2D eigenvalue weighted by atomic mass is 16.3. The van der Waals surface area contributed by atoms with Gasteiger partial charge in [0.25, 0.3) is 0 Å². The highest BCUT2D eigenvalue weighted by Crippen LogP contribution is 2.18. The van der Waals surface area contributed by atoms with E-state index in [0.717, 1.165) is 24.8 Å². The number of carbonyl (C=O) groups excluding carboxylic acids is 1. The number of unbranched alkanes of at least 4 members (excludes halogenated alkanes) is 3. The first-order valence-corrected chi connectivity index (χ1v) is 8.58. The Balaban J connectivity index is 2.04. The Kier molecular flexibility index (Phi) is 7.02. The first kappa shape index (κ1) is 17.4. The molecule has 1 atom stereocenters. The molecule has 1 unspecified atom stereocenters. The second-order valence-electron chi connectivity index (χ2n) is 6.06. The molecule has 0 bridgehead atoms. The summed E-state index contributed by atoms with van der Waals surface area (Å²) in [7, 11) is 0. The van der Waals surface area contributed by atoms with Gasteiger partial charge in [0, 0.05) is 11.1 Å². The van der Waals surface area contributed by atoms with Crippen LogP contribution < -0.4 is 0 Å². The van der Waals surface area contributed by atoms with Crippen molar-refractivity contribution in [2.45, 2.75) is 51.6 Å². The predicted octanol–water partition coefficient (Wildman–Crippen LogP) is 4.79. The van der Waals surface area contributed by atoms with Crippen LogP contribution in [0.4, 0.5) is 0 Å². The minimum absolute atomic E-state index is 0.0272. The van der Waals surface area contributed by atoms with Crippen molar-refractivity contribution < 1.29 is 9.90 Å². The number of hydrogen-bond acceptors (Lipinski definition) is 2. The van der Waals surface area contributed by atoms with Crippen LogP contribution in [0.15, 0.2) is 54.6 Å². The van der Waals surface area contributed by atoms with Crippen LogP contribution >= 0.6 is 0 Å². The van der Waals surface area contributed by atoms with E-state index in [2.05, 4.69) is 6.92 Å². The molecule has 2 rings (SSSR count). The summed E-state index contributed by atoms with van der Waals surface area (Å²) in [4.78, 5) is 12.7. The minimum Gasteiger partial charge on any atom is -0.393 e. The van der Waals surface area contributed by atoms with Crippen LogP contribution in [-0.4, -0.2) is 17.0 Å². The number of hydrogen-bond donors (Lipinski definition) is 1. The number of rotatable bonds is 9. The van der Waals surface area contributed by atoms with Crippen molar-refractivity contribution in [1.29, 1.82) is 0 Å². The fraction of sp³-hybridized carbons (Fsp3) is 0.381. The van der Waals surface area contributed by atoms with Gasteiger partial charge >= 0.3 is 0 Å². The largest absolute Gasteiger partial charge is 0.393 e. The molecule has 1 N–H and O–H groups in total. The minimum atomic E-state index is -0.378. The van der Waals surface area contributed by atoms with Crippen LogP contribution in [0.3, 0.4) is 0 Å². The van der Waals surface area contributed by atoms with Crippen molar-refractivity contribution >= 4 is 5.78 Å². The molecule has 122 valence electrons. The summed E-state index contributed by atoms with van der Waals surface area (Å²) in [5.41, 5.74) is 2.33. The van der Waals surface area contributed by atoms with Crippen LogP contribution in [0.1, 0.15) is 60.5 Å². The zero-order valence-electron chi connectivity index (χ0n) is 13.9. The van der Waals surface area contributed by atoms with Gasteiger partial charge in [0.1, 0.15) is 0 Å². The zero-order chi connectivity index (χ0) is 16.5. The Morgan fingerprint density at radius 2 is 1.65 bits per heavy atom. The quantitative estimate of drug-likeness (QED) is 0.534. The van der Waals surface area contributed by atoms with Gasteiger partial charge in [-0.2, -0.15) is 0 Å². The lowest BCUT2D eigenvalue weighted by Crippen LogP contribution is -2.14. The molecule has 0 aromatic heterocycles. The number of carbonyl (C=O) groups is 1. The van der Waals surface area contributed by atoms with Gasteiger partial charge in [0.05, 0.1) is 6.10 Å². The van der Waals surface area contributed by atoms with Crippen molar-refractivity contribution in [1.82, 2.24) is 0 Å². The van der Waals surface area contributed by atoms with Crippen molar-refractivity contribution in [3.63, 3.8) is 0 Å². The van der Waals surface area contributed by atoms with Gasteiger partial charge in [-0.25, -0.2) is 0 Å². The third kappa shape index (κ3) is 5.33. The molecule has 0 amide bonds. The van der Waals surface area contributed by atoms with Gasteiger partial charge in [0.15, 0.2) is 5.78 Å². The molecule has 0 saturated carbocycles. The lowest BCUT2D eigenvalue weighted by Gasteiger charge is -2.13. The number of aliphatic hydroxyl groups excluding tert-OH is 1. The second kappa shape index (κ2) is 9.26. The Morgan fingerprint density at radius 3 is 2.39 bits per heavy atom. The lowest BCUT2D eigenvalue weighted by atomic mass is 9.94. The summed E-state index contributed by atoms with van der Waals surface area (Å²) in [6.45, 7) is 2.18. The maximum Gasteiger partial charge on any atom is 0.193 e. The van der Waals surface area contributed by atoms with E-state index in [1.54, 1.807) is 0 Å². The molecule has 2 heteroatoms. The summed E-state index contributed by atoms with van der Waals surface area (Å²) in [6.07, 6.45) is 5.59. The maximum absolute atomic E-state index is 12.7. The third-order valence-corrected chi connectivity index (χ3v) is 4.14. The van der Waals surface area contributed by atoms with E-state index in [1.807, 2.05) is 54.6 Å². The molecule has 0 radical (unpaired) electrons. The van der Waals surface area contributed by atoms with Crippen molar-refractivity contribution in [2.24, 2.45) is 0 Å². The van der Waals surface area contributed by atoms with E-state index in [9.17, 15) is 9.90 Å². The Labute approximate surface area is 139 Å². The van der Waals surface area contributed by atoms with Crippen molar-refractivity contribution in [2.75, 3.05) is 0 Å². The first-order valence-electron chi connectivity index (χ1n) is 8.58. The molecule has 0 fully saturated rings. The average Bonchev–Trinajstić information content (AvgIpc) is 2.59. The third-order valence-electron chi connectivity index (χ3n) is 4.14. The fourth-order valence-corrected chi connectivity index (χ4v) is 2.83. The first-order chi connectivity index (χ1) is 11.2. The van der Waals surface area contributed by atoms with E-state index < -0.39 is 0 Å². The monoisotopic (exact) mass is 310 g/mol. The lowest BCUT2D eigenvalue weighted by molar-refractivity contribution is 0.103.